The van der Waals surface area contributed by atoms with Gasteiger partial charge in [-0.3, -0.25) is 9.78 Å². The van der Waals surface area contributed by atoms with Gasteiger partial charge in [-0.1, -0.05) is 24.3 Å². The molecule has 0 saturated heterocycles. The van der Waals surface area contributed by atoms with Gasteiger partial charge in [-0.15, -0.1) is 0 Å². The fourth-order valence-corrected chi connectivity index (χ4v) is 2.78. The highest BCUT2D eigenvalue weighted by molar-refractivity contribution is 6.07. The molecule has 0 spiro atoms. The Morgan fingerprint density at radius 3 is 2.79 bits per heavy atom. The second-order valence-electron chi connectivity index (χ2n) is 5.70. The number of para-hydroxylation sites is 1. The maximum Gasteiger partial charge on any atom is 0.253 e. The van der Waals surface area contributed by atoms with Crippen LogP contribution in [0.5, 0.6) is 0 Å². The number of methoxy groups -OCH3 is 1. The van der Waals surface area contributed by atoms with E-state index in [0.717, 1.165) is 16.6 Å². The molecule has 0 aliphatic rings. The molecule has 3 aromatic rings. The molecular formula is C19H21N3O2. The van der Waals surface area contributed by atoms with Gasteiger partial charge in [0.25, 0.3) is 5.91 Å². The minimum absolute atomic E-state index is 0.0967. The Kier molecular flexibility index (Phi) is 4.91. The van der Waals surface area contributed by atoms with Gasteiger partial charge in [0.1, 0.15) is 0 Å². The lowest BCUT2D eigenvalue weighted by Crippen LogP contribution is -2.27. The molecule has 1 N–H and O–H groups in total. The summed E-state index contributed by atoms with van der Waals surface area (Å²) in [4.78, 5) is 17.0. The number of aromatic nitrogens is 2. The number of hydrogen-bond acceptors (Lipinski definition) is 3. The van der Waals surface area contributed by atoms with Crippen molar-refractivity contribution in [3.05, 3.63) is 66.1 Å². The van der Waals surface area contributed by atoms with Crippen LogP contribution < -0.4 is 5.32 Å². The van der Waals surface area contributed by atoms with Crippen molar-refractivity contribution in [2.75, 3.05) is 13.7 Å². The van der Waals surface area contributed by atoms with Gasteiger partial charge < -0.3 is 14.6 Å². The lowest BCUT2D eigenvalue weighted by molar-refractivity contribution is 0.0940. The van der Waals surface area contributed by atoms with Crippen molar-refractivity contribution in [2.24, 2.45) is 0 Å². The van der Waals surface area contributed by atoms with E-state index in [0.29, 0.717) is 18.7 Å². The molecule has 24 heavy (non-hydrogen) atoms. The molecule has 0 aliphatic heterocycles. The number of hydrogen-bond donors (Lipinski definition) is 1. The third kappa shape index (κ3) is 3.31. The fourth-order valence-electron chi connectivity index (χ4n) is 2.78. The van der Waals surface area contributed by atoms with E-state index < -0.39 is 0 Å². The first-order chi connectivity index (χ1) is 11.7. The molecule has 0 saturated carbocycles. The van der Waals surface area contributed by atoms with Gasteiger partial charge in [0.15, 0.2) is 0 Å². The van der Waals surface area contributed by atoms with Gasteiger partial charge in [-0.05, 0) is 25.1 Å². The molecule has 5 nitrogen and oxygen atoms in total. The number of nitrogens with one attached hydrogen (secondary N) is 1. The van der Waals surface area contributed by atoms with Crippen LogP contribution in [0, 0.1) is 0 Å². The third-order valence-electron chi connectivity index (χ3n) is 4.05. The number of fused-ring (bicyclic) bond motifs is 1. The zero-order chi connectivity index (χ0) is 16.9. The van der Waals surface area contributed by atoms with E-state index in [2.05, 4.69) is 14.9 Å². The zero-order valence-corrected chi connectivity index (χ0v) is 13.9. The molecule has 5 heteroatoms. The normalized spacial score (nSPS) is 12.2. The van der Waals surface area contributed by atoms with E-state index in [4.69, 9.17) is 4.74 Å². The molecule has 0 aliphatic carbocycles. The third-order valence-corrected chi connectivity index (χ3v) is 4.05. The first kappa shape index (κ1) is 16.2. The number of pyridine rings is 1. The predicted octanol–water partition coefficient (Wildman–Crippen LogP) is 3.17. The van der Waals surface area contributed by atoms with Crippen LogP contribution in [0.25, 0.3) is 10.9 Å². The van der Waals surface area contributed by atoms with Crippen LogP contribution in [0.2, 0.25) is 0 Å². The largest absolute Gasteiger partial charge is 0.383 e. The molecule has 3 rings (SSSR count). The van der Waals surface area contributed by atoms with E-state index in [1.54, 1.807) is 13.3 Å². The monoisotopic (exact) mass is 323 g/mol. The van der Waals surface area contributed by atoms with E-state index >= 15 is 0 Å². The highest BCUT2D eigenvalue weighted by atomic mass is 16.5. The highest BCUT2D eigenvalue weighted by Gasteiger charge is 2.17. The minimum Gasteiger partial charge on any atom is -0.383 e. The summed E-state index contributed by atoms with van der Waals surface area (Å²) < 4.78 is 7.21. The zero-order valence-electron chi connectivity index (χ0n) is 13.9. The molecular weight excluding hydrogens is 302 g/mol. The van der Waals surface area contributed by atoms with E-state index in [1.165, 1.54) is 0 Å². The highest BCUT2D eigenvalue weighted by Crippen LogP contribution is 2.22. The van der Waals surface area contributed by atoms with Crippen molar-refractivity contribution in [1.82, 2.24) is 14.9 Å². The molecule has 1 aromatic carbocycles. The Bertz CT molecular complexity index is 827. The van der Waals surface area contributed by atoms with Crippen LogP contribution in [-0.4, -0.2) is 29.2 Å². The summed E-state index contributed by atoms with van der Waals surface area (Å²) in [5, 5.41) is 3.97. The number of carbonyl (C=O) groups is 1. The topological polar surface area (TPSA) is 56.1 Å². The molecule has 0 unspecified atom stereocenters. The average Bonchev–Trinajstić information content (AvgIpc) is 2.99. The number of amides is 1. The summed E-state index contributed by atoms with van der Waals surface area (Å²) in [5.74, 6) is -0.0967. The fraction of sp³-hybridized carbons (Fsp3) is 0.263. The van der Waals surface area contributed by atoms with Crippen molar-refractivity contribution >= 4 is 16.8 Å². The maximum atomic E-state index is 12.7. The van der Waals surface area contributed by atoms with Gasteiger partial charge in [0.05, 0.1) is 23.9 Å². The molecule has 2 heterocycles. The SMILES string of the molecule is COCCn1cc(C(=O)N[C@@H](C)c2ccccn2)c2ccccc21. The summed E-state index contributed by atoms with van der Waals surface area (Å²) in [6.07, 6.45) is 3.62. The van der Waals surface area contributed by atoms with Gasteiger partial charge in [-0.25, -0.2) is 0 Å². The van der Waals surface area contributed by atoms with Crippen molar-refractivity contribution in [3.63, 3.8) is 0 Å². The van der Waals surface area contributed by atoms with Crippen LogP contribution in [0.3, 0.4) is 0 Å². The standard InChI is InChI=1S/C19H21N3O2/c1-14(17-8-5-6-10-20-17)21-19(23)16-13-22(11-12-24-2)18-9-4-3-7-15(16)18/h3-10,13-14H,11-12H2,1-2H3,(H,21,23)/t14-/m0/s1. The first-order valence-corrected chi connectivity index (χ1v) is 7.99. The molecule has 0 bridgehead atoms. The van der Waals surface area contributed by atoms with Crippen LogP contribution in [0.15, 0.2) is 54.9 Å². The lowest BCUT2D eigenvalue weighted by atomic mass is 10.1. The van der Waals surface area contributed by atoms with Crippen molar-refractivity contribution in [3.8, 4) is 0 Å². The molecule has 0 fully saturated rings. The summed E-state index contributed by atoms with van der Waals surface area (Å²) >= 11 is 0. The number of carbonyl (C=O) groups excluding carboxylic acids is 1. The van der Waals surface area contributed by atoms with E-state index in [1.807, 2.05) is 55.6 Å². The number of ether oxygens (including phenoxy) is 1. The van der Waals surface area contributed by atoms with Crippen LogP contribution >= 0.6 is 0 Å². The molecule has 1 atom stereocenters. The Hall–Kier alpha value is -2.66. The summed E-state index contributed by atoms with van der Waals surface area (Å²) in [6, 6.07) is 13.4. The van der Waals surface area contributed by atoms with Crippen LogP contribution in [0.4, 0.5) is 0 Å². The second-order valence-corrected chi connectivity index (χ2v) is 5.70. The van der Waals surface area contributed by atoms with Crippen molar-refractivity contribution in [2.45, 2.75) is 19.5 Å². The number of rotatable bonds is 6. The predicted molar refractivity (Wildman–Crippen MR) is 93.9 cm³/mol. The lowest BCUT2D eigenvalue weighted by Gasteiger charge is -2.12. The minimum atomic E-state index is -0.153. The first-order valence-electron chi connectivity index (χ1n) is 7.99. The average molecular weight is 323 g/mol. The quantitative estimate of drug-likeness (QED) is 0.758. The Labute approximate surface area is 141 Å². The smallest absolute Gasteiger partial charge is 0.253 e. The van der Waals surface area contributed by atoms with Crippen molar-refractivity contribution < 1.29 is 9.53 Å². The van der Waals surface area contributed by atoms with Crippen molar-refractivity contribution in [1.29, 1.82) is 0 Å². The number of nitrogens with zero attached hydrogens (tertiary/aromatic N) is 2. The van der Waals surface area contributed by atoms with Crippen LogP contribution in [-0.2, 0) is 11.3 Å². The summed E-state index contributed by atoms with van der Waals surface area (Å²) in [5.41, 5.74) is 2.55. The van der Waals surface area contributed by atoms with Crippen LogP contribution in [0.1, 0.15) is 29.0 Å². The van der Waals surface area contributed by atoms with Gasteiger partial charge >= 0.3 is 0 Å². The Morgan fingerprint density at radius 2 is 2.04 bits per heavy atom. The Balaban J connectivity index is 1.87. The Morgan fingerprint density at radius 1 is 1.25 bits per heavy atom. The van der Waals surface area contributed by atoms with Gasteiger partial charge in [-0.2, -0.15) is 0 Å². The molecule has 124 valence electrons. The molecule has 0 radical (unpaired) electrons. The van der Waals surface area contributed by atoms with Gasteiger partial charge in [0, 0.05) is 37.0 Å². The molecule has 2 aromatic heterocycles. The maximum absolute atomic E-state index is 12.7. The van der Waals surface area contributed by atoms with Gasteiger partial charge in [0.2, 0.25) is 0 Å². The van der Waals surface area contributed by atoms with E-state index in [-0.39, 0.29) is 11.9 Å². The molecule has 1 amide bonds. The number of benzene rings is 1. The second kappa shape index (κ2) is 7.27. The summed E-state index contributed by atoms with van der Waals surface area (Å²) in [6.45, 7) is 3.24. The summed E-state index contributed by atoms with van der Waals surface area (Å²) in [7, 11) is 1.67. The van der Waals surface area contributed by atoms with E-state index in [9.17, 15) is 4.79 Å².